The van der Waals surface area contributed by atoms with Crippen LogP contribution in [0.1, 0.15) is 36.7 Å². The molecule has 0 amide bonds. The molecule has 0 unspecified atom stereocenters. The molecule has 164 valence electrons. The van der Waals surface area contributed by atoms with E-state index in [4.69, 9.17) is 14.2 Å². The fourth-order valence-electron chi connectivity index (χ4n) is 3.41. The Labute approximate surface area is 188 Å². The second kappa shape index (κ2) is 8.79. The van der Waals surface area contributed by atoms with Crippen LogP contribution in [0.4, 0.5) is 0 Å². The Morgan fingerprint density at radius 1 is 0.875 bits per heavy atom. The van der Waals surface area contributed by atoms with Gasteiger partial charge in [0.1, 0.15) is 23.7 Å². The first-order chi connectivity index (χ1) is 15.3. The third-order valence-corrected chi connectivity index (χ3v) is 5.01. The predicted octanol–water partition coefficient (Wildman–Crippen LogP) is 6.17. The lowest BCUT2D eigenvalue weighted by Gasteiger charge is -2.19. The molecule has 0 fully saturated rings. The summed E-state index contributed by atoms with van der Waals surface area (Å²) in [7, 11) is 1.65. The maximum Gasteiger partial charge on any atom is 0.338 e. The fourth-order valence-corrected chi connectivity index (χ4v) is 3.41. The highest BCUT2D eigenvalue weighted by atomic mass is 16.6. The lowest BCUT2D eigenvalue weighted by atomic mass is 10.1. The molecular formula is C27H27NO4. The van der Waals surface area contributed by atoms with E-state index in [1.54, 1.807) is 19.2 Å². The summed E-state index contributed by atoms with van der Waals surface area (Å²) in [4.78, 5) is 12.3. The van der Waals surface area contributed by atoms with E-state index in [9.17, 15) is 4.79 Å². The number of aromatic nitrogens is 1. The third kappa shape index (κ3) is 4.94. The fraction of sp³-hybridized carbons (Fsp3) is 0.222. The van der Waals surface area contributed by atoms with E-state index in [1.165, 1.54) is 0 Å². The topological polar surface area (TPSA) is 49.7 Å². The van der Waals surface area contributed by atoms with Crippen molar-refractivity contribution in [1.29, 1.82) is 0 Å². The Balaban J connectivity index is 1.52. The SMILES string of the molecule is COc1ccc(COc2ccc3ccn(-c4ccc(C(=O)OC(C)(C)C)cc4)c3c2)cc1. The normalized spacial score (nSPS) is 11.4. The molecular weight excluding hydrogens is 402 g/mol. The molecule has 0 radical (unpaired) electrons. The van der Waals surface area contributed by atoms with Gasteiger partial charge in [-0.3, -0.25) is 0 Å². The zero-order valence-corrected chi connectivity index (χ0v) is 18.8. The third-order valence-electron chi connectivity index (χ3n) is 5.01. The van der Waals surface area contributed by atoms with Crippen LogP contribution in [0.15, 0.2) is 79.0 Å². The van der Waals surface area contributed by atoms with Crippen molar-refractivity contribution < 1.29 is 19.0 Å². The highest BCUT2D eigenvalue weighted by Gasteiger charge is 2.17. The van der Waals surface area contributed by atoms with Crippen molar-refractivity contribution in [2.45, 2.75) is 33.0 Å². The smallest absolute Gasteiger partial charge is 0.338 e. The lowest BCUT2D eigenvalue weighted by molar-refractivity contribution is 0.00695. The van der Waals surface area contributed by atoms with Crippen molar-refractivity contribution >= 4 is 16.9 Å². The van der Waals surface area contributed by atoms with Crippen LogP contribution in [-0.4, -0.2) is 23.2 Å². The molecule has 1 heterocycles. The average Bonchev–Trinajstić information content (AvgIpc) is 3.20. The molecule has 0 aliphatic carbocycles. The summed E-state index contributed by atoms with van der Waals surface area (Å²) in [6.07, 6.45) is 2.01. The molecule has 0 saturated carbocycles. The first-order valence-electron chi connectivity index (χ1n) is 10.5. The number of fused-ring (bicyclic) bond motifs is 1. The molecule has 4 aromatic rings. The van der Waals surface area contributed by atoms with E-state index >= 15 is 0 Å². The van der Waals surface area contributed by atoms with Crippen LogP contribution in [0.25, 0.3) is 16.6 Å². The van der Waals surface area contributed by atoms with Gasteiger partial charge in [0, 0.05) is 23.3 Å². The number of hydrogen-bond donors (Lipinski definition) is 0. The van der Waals surface area contributed by atoms with Gasteiger partial charge in [0.2, 0.25) is 0 Å². The number of rotatable bonds is 6. The molecule has 5 nitrogen and oxygen atoms in total. The number of nitrogens with zero attached hydrogens (tertiary/aromatic N) is 1. The maximum absolute atomic E-state index is 12.3. The zero-order valence-electron chi connectivity index (χ0n) is 18.8. The summed E-state index contributed by atoms with van der Waals surface area (Å²) in [5, 5.41) is 1.11. The van der Waals surface area contributed by atoms with Gasteiger partial charge in [0.05, 0.1) is 18.2 Å². The Morgan fingerprint density at radius 3 is 2.22 bits per heavy atom. The maximum atomic E-state index is 12.3. The quantitative estimate of drug-likeness (QED) is 0.344. The van der Waals surface area contributed by atoms with Crippen LogP contribution in [0.3, 0.4) is 0 Å². The second-order valence-corrected chi connectivity index (χ2v) is 8.59. The minimum absolute atomic E-state index is 0.323. The van der Waals surface area contributed by atoms with Crippen molar-refractivity contribution in [1.82, 2.24) is 4.57 Å². The highest BCUT2D eigenvalue weighted by molar-refractivity contribution is 5.90. The molecule has 0 aliphatic rings. The molecule has 0 spiro atoms. The summed E-state index contributed by atoms with van der Waals surface area (Å²) in [6.45, 7) is 6.05. The Morgan fingerprint density at radius 2 is 1.56 bits per heavy atom. The van der Waals surface area contributed by atoms with E-state index in [0.29, 0.717) is 12.2 Å². The van der Waals surface area contributed by atoms with Crippen molar-refractivity contribution in [2.24, 2.45) is 0 Å². The number of carbonyl (C=O) groups excluding carboxylic acids is 1. The van der Waals surface area contributed by atoms with Crippen molar-refractivity contribution in [3.8, 4) is 17.2 Å². The highest BCUT2D eigenvalue weighted by Crippen LogP contribution is 2.26. The molecule has 0 saturated heterocycles. The number of carbonyl (C=O) groups is 1. The van der Waals surface area contributed by atoms with Crippen LogP contribution in [-0.2, 0) is 11.3 Å². The van der Waals surface area contributed by atoms with Crippen LogP contribution >= 0.6 is 0 Å². The molecule has 0 bridgehead atoms. The van der Waals surface area contributed by atoms with Gasteiger partial charge in [-0.25, -0.2) is 4.79 Å². The Kier molecular flexibility index (Phi) is 5.91. The lowest BCUT2D eigenvalue weighted by Crippen LogP contribution is -2.23. The summed E-state index contributed by atoms with van der Waals surface area (Å²) in [6, 6.07) is 23.4. The molecule has 4 rings (SSSR count). The molecule has 32 heavy (non-hydrogen) atoms. The first-order valence-corrected chi connectivity index (χ1v) is 10.5. The molecule has 0 aliphatic heterocycles. The molecule has 5 heteroatoms. The van der Waals surface area contributed by atoms with Crippen molar-refractivity contribution in [3.63, 3.8) is 0 Å². The van der Waals surface area contributed by atoms with Gasteiger partial charge in [-0.05, 0) is 80.9 Å². The van der Waals surface area contributed by atoms with Gasteiger partial charge in [-0.1, -0.05) is 12.1 Å². The minimum atomic E-state index is -0.519. The van der Waals surface area contributed by atoms with Crippen LogP contribution in [0.2, 0.25) is 0 Å². The number of benzene rings is 3. The number of ether oxygens (including phenoxy) is 3. The van der Waals surface area contributed by atoms with Gasteiger partial charge in [-0.15, -0.1) is 0 Å². The summed E-state index contributed by atoms with van der Waals surface area (Å²) >= 11 is 0. The summed E-state index contributed by atoms with van der Waals surface area (Å²) < 4.78 is 18.7. The van der Waals surface area contributed by atoms with Crippen LogP contribution in [0, 0.1) is 0 Å². The molecule has 0 atom stereocenters. The number of methoxy groups -OCH3 is 1. The van der Waals surface area contributed by atoms with E-state index in [1.807, 2.05) is 81.6 Å². The van der Waals surface area contributed by atoms with Crippen molar-refractivity contribution in [3.05, 3.63) is 90.1 Å². The van der Waals surface area contributed by atoms with Crippen LogP contribution < -0.4 is 9.47 Å². The zero-order chi connectivity index (χ0) is 22.7. The Hall–Kier alpha value is -3.73. The van der Waals surface area contributed by atoms with Crippen LogP contribution in [0.5, 0.6) is 11.5 Å². The average molecular weight is 430 g/mol. The first kappa shape index (κ1) is 21.5. The molecule has 0 N–H and O–H groups in total. The largest absolute Gasteiger partial charge is 0.497 e. The van der Waals surface area contributed by atoms with Gasteiger partial charge in [-0.2, -0.15) is 0 Å². The van der Waals surface area contributed by atoms with Gasteiger partial charge < -0.3 is 18.8 Å². The van der Waals surface area contributed by atoms with E-state index < -0.39 is 5.60 Å². The standard InChI is InChI=1S/C27H27NO4/c1-27(2,3)32-26(29)21-7-10-22(11-8-21)28-16-15-20-9-14-24(17-25(20)28)31-18-19-5-12-23(30-4)13-6-19/h5-17H,18H2,1-4H3. The second-order valence-electron chi connectivity index (χ2n) is 8.59. The predicted molar refractivity (Wildman–Crippen MR) is 126 cm³/mol. The number of hydrogen-bond acceptors (Lipinski definition) is 4. The minimum Gasteiger partial charge on any atom is -0.497 e. The number of esters is 1. The van der Waals surface area contributed by atoms with Gasteiger partial charge in [0.15, 0.2) is 0 Å². The van der Waals surface area contributed by atoms with E-state index in [-0.39, 0.29) is 5.97 Å². The van der Waals surface area contributed by atoms with Crippen molar-refractivity contribution in [2.75, 3.05) is 7.11 Å². The van der Waals surface area contributed by atoms with Gasteiger partial charge in [0.25, 0.3) is 0 Å². The molecule has 1 aromatic heterocycles. The van der Waals surface area contributed by atoms with E-state index in [2.05, 4.69) is 10.6 Å². The molecule has 3 aromatic carbocycles. The van der Waals surface area contributed by atoms with Gasteiger partial charge >= 0.3 is 5.97 Å². The van der Waals surface area contributed by atoms with E-state index in [0.717, 1.165) is 33.7 Å². The Bertz CT molecular complexity index is 1220. The summed E-state index contributed by atoms with van der Waals surface area (Å²) in [5.74, 6) is 1.29. The monoisotopic (exact) mass is 429 g/mol. The summed E-state index contributed by atoms with van der Waals surface area (Å²) in [5.41, 5.74) is 3.07.